The van der Waals surface area contributed by atoms with Gasteiger partial charge in [0.2, 0.25) is 0 Å². The molecule has 0 N–H and O–H groups in total. The van der Waals surface area contributed by atoms with Crippen LogP contribution in [0.25, 0.3) is 5.65 Å². The van der Waals surface area contributed by atoms with E-state index < -0.39 is 0 Å². The van der Waals surface area contributed by atoms with Crippen LogP contribution in [-0.4, -0.2) is 26.7 Å². The summed E-state index contributed by atoms with van der Waals surface area (Å²) in [5.74, 6) is 0.0192. The monoisotopic (exact) mass is 311 g/mol. The van der Waals surface area contributed by atoms with Gasteiger partial charge in [-0.25, -0.2) is 4.98 Å². The highest BCUT2D eigenvalue weighted by Gasteiger charge is 2.30. The molecule has 0 aliphatic carbocycles. The van der Waals surface area contributed by atoms with Gasteiger partial charge in [0.25, 0.3) is 5.91 Å². The summed E-state index contributed by atoms with van der Waals surface area (Å²) in [4.78, 5) is 20.7. The number of aryl methyl sites for hydroxylation is 1. The lowest BCUT2D eigenvalue weighted by atomic mass is 10.0. The van der Waals surface area contributed by atoms with Gasteiger partial charge in [0.05, 0.1) is 6.04 Å². The summed E-state index contributed by atoms with van der Waals surface area (Å²) in [6.45, 7) is 4.89. The van der Waals surface area contributed by atoms with E-state index in [1.54, 1.807) is 11.3 Å². The number of carbonyl (C=O) groups is 1. The normalized spacial score (nSPS) is 17.7. The number of imidazole rings is 1. The number of fused-ring (bicyclic) bond motifs is 2. The Balaban J connectivity index is 1.68. The summed E-state index contributed by atoms with van der Waals surface area (Å²) >= 11 is 1.79. The zero-order chi connectivity index (χ0) is 15.3. The molecule has 0 fully saturated rings. The minimum absolute atomic E-state index is 0.0192. The van der Waals surface area contributed by atoms with Crippen LogP contribution in [0.5, 0.6) is 0 Å². The standard InChI is InChI=1S/C17H17N3OS/c1-11-3-6-19-10-14(18-16(19)9-11)17(21)20-7-4-15-13(12(20)2)5-8-22-15/h3,5-6,8-10,12H,4,7H2,1-2H3. The van der Waals surface area contributed by atoms with Crippen molar-refractivity contribution in [2.45, 2.75) is 26.3 Å². The number of hydrogen-bond donors (Lipinski definition) is 0. The molecule has 4 heterocycles. The van der Waals surface area contributed by atoms with Crippen LogP contribution in [-0.2, 0) is 6.42 Å². The van der Waals surface area contributed by atoms with Crippen LogP contribution in [0.4, 0.5) is 0 Å². The van der Waals surface area contributed by atoms with Crippen molar-refractivity contribution in [3.8, 4) is 0 Å². The van der Waals surface area contributed by atoms with E-state index in [0.29, 0.717) is 5.69 Å². The third-order valence-electron chi connectivity index (χ3n) is 4.37. The molecule has 0 saturated carbocycles. The molecular formula is C17H17N3OS. The molecule has 0 bridgehead atoms. The Bertz CT molecular complexity index is 864. The minimum Gasteiger partial charge on any atom is -0.330 e. The third-order valence-corrected chi connectivity index (χ3v) is 5.37. The van der Waals surface area contributed by atoms with Crippen LogP contribution >= 0.6 is 11.3 Å². The SMILES string of the molecule is Cc1ccn2cc(C(=O)N3CCc4sccc4C3C)nc2c1. The molecule has 112 valence electrons. The zero-order valence-electron chi connectivity index (χ0n) is 12.6. The van der Waals surface area contributed by atoms with E-state index in [-0.39, 0.29) is 11.9 Å². The van der Waals surface area contributed by atoms with Crippen molar-refractivity contribution in [1.82, 2.24) is 14.3 Å². The van der Waals surface area contributed by atoms with E-state index in [2.05, 4.69) is 23.4 Å². The number of hydrogen-bond acceptors (Lipinski definition) is 3. The molecule has 0 aromatic carbocycles. The predicted molar refractivity (Wildman–Crippen MR) is 87.4 cm³/mol. The van der Waals surface area contributed by atoms with Gasteiger partial charge in [0.1, 0.15) is 11.3 Å². The van der Waals surface area contributed by atoms with Crippen molar-refractivity contribution >= 4 is 22.9 Å². The van der Waals surface area contributed by atoms with Crippen LogP contribution in [0.2, 0.25) is 0 Å². The quantitative estimate of drug-likeness (QED) is 0.690. The fraction of sp³-hybridized carbons (Fsp3) is 0.294. The first-order valence-electron chi connectivity index (χ1n) is 7.46. The van der Waals surface area contributed by atoms with E-state index >= 15 is 0 Å². The summed E-state index contributed by atoms with van der Waals surface area (Å²) in [6, 6.07) is 6.27. The minimum atomic E-state index is 0.0192. The number of amides is 1. The summed E-state index contributed by atoms with van der Waals surface area (Å²) in [7, 11) is 0. The first kappa shape index (κ1) is 13.5. The number of aromatic nitrogens is 2. The van der Waals surface area contributed by atoms with Gasteiger partial charge in [-0.15, -0.1) is 11.3 Å². The average molecular weight is 311 g/mol. The molecule has 0 saturated heterocycles. The van der Waals surface area contributed by atoms with Gasteiger partial charge in [0, 0.05) is 23.8 Å². The molecule has 1 amide bonds. The smallest absolute Gasteiger partial charge is 0.274 e. The lowest BCUT2D eigenvalue weighted by Crippen LogP contribution is -2.38. The Labute approximate surface area is 133 Å². The van der Waals surface area contributed by atoms with Crippen LogP contribution in [0.1, 0.15) is 39.5 Å². The summed E-state index contributed by atoms with van der Waals surface area (Å²) in [6.07, 6.45) is 4.72. The first-order chi connectivity index (χ1) is 10.6. The molecule has 3 aromatic heterocycles. The largest absolute Gasteiger partial charge is 0.330 e. The van der Waals surface area contributed by atoms with Crippen molar-refractivity contribution in [1.29, 1.82) is 0 Å². The highest BCUT2D eigenvalue weighted by Crippen LogP contribution is 2.33. The van der Waals surface area contributed by atoms with E-state index in [1.165, 1.54) is 10.4 Å². The number of thiophene rings is 1. The van der Waals surface area contributed by atoms with Crippen LogP contribution < -0.4 is 0 Å². The molecule has 0 spiro atoms. The summed E-state index contributed by atoms with van der Waals surface area (Å²) < 4.78 is 1.91. The van der Waals surface area contributed by atoms with Crippen molar-refractivity contribution < 1.29 is 4.79 Å². The Kier molecular flexibility index (Phi) is 3.04. The molecule has 1 atom stereocenters. The topological polar surface area (TPSA) is 37.6 Å². The Morgan fingerprint density at radius 1 is 1.41 bits per heavy atom. The van der Waals surface area contributed by atoms with Gasteiger partial charge in [-0.3, -0.25) is 4.79 Å². The molecule has 1 aliphatic rings. The third kappa shape index (κ3) is 2.04. The molecular weight excluding hydrogens is 294 g/mol. The molecule has 4 nitrogen and oxygen atoms in total. The second-order valence-electron chi connectivity index (χ2n) is 5.82. The Morgan fingerprint density at radius 3 is 3.14 bits per heavy atom. The van der Waals surface area contributed by atoms with Gasteiger partial charge in [-0.1, -0.05) is 0 Å². The molecule has 1 unspecified atom stereocenters. The fourth-order valence-electron chi connectivity index (χ4n) is 3.12. The number of pyridine rings is 1. The molecule has 3 aromatic rings. The molecule has 5 heteroatoms. The average Bonchev–Trinajstić information content (AvgIpc) is 3.12. The van der Waals surface area contributed by atoms with E-state index in [1.807, 2.05) is 40.8 Å². The van der Waals surface area contributed by atoms with E-state index in [4.69, 9.17) is 0 Å². The highest BCUT2D eigenvalue weighted by molar-refractivity contribution is 7.10. The maximum absolute atomic E-state index is 12.8. The maximum Gasteiger partial charge on any atom is 0.274 e. The molecule has 22 heavy (non-hydrogen) atoms. The number of carbonyl (C=O) groups excluding carboxylic acids is 1. The van der Waals surface area contributed by atoms with Crippen LogP contribution in [0.3, 0.4) is 0 Å². The summed E-state index contributed by atoms with van der Waals surface area (Å²) in [5.41, 5.74) is 3.77. The number of nitrogens with zero attached hydrogens (tertiary/aromatic N) is 3. The van der Waals surface area contributed by atoms with Crippen LogP contribution in [0.15, 0.2) is 36.0 Å². The highest BCUT2D eigenvalue weighted by atomic mass is 32.1. The molecule has 0 radical (unpaired) electrons. The van der Waals surface area contributed by atoms with Gasteiger partial charge in [0.15, 0.2) is 0 Å². The lowest BCUT2D eigenvalue weighted by Gasteiger charge is -2.33. The summed E-state index contributed by atoms with van der Waals surface area (Å²) in [5, 5.41) is 2.11. The predicted octanol–water partition coefficient (Wildman–Crippen LogP) is 3.46. The van der Waals surface area contributed by atoms with Gasteiger partial charge in [-0.2, -0.15) is 0 Å². The van der Waals surface area contributed by atoms with Gasteiger partial charge in [-0.05, 0) is 55.0 Å². The second-order valence-corrected chi connectivity index (χ2v) is 6.82. The zero-order valence-corrected chi connectivity index (χ0v) is 13.4. The Hall–Kier alpha value is -2.14. The van der Waals surface area contributed by atoms with E-state index in [9.17, 15) is 4.79 Å². The van der Waals surface area contributed by atoms with Crippen molar-refractivity contribution in [2.24, 2.45) is 0 Å². The second kappa shape index (κ2) is 4.95. The Morgan fingerprint density at radius 2 is 2.27 bits per heavy atom. The van der Waals surface area contributed by atoms with Crippen molar-refractivity contribution in [2.75, 3.05) is 6.54 Å². The van der Waals surface area contributed by atoms with Crippen molar-refractivity contribution in [3.05, 3.63) is 57.7 Å². The van der Waals surface area contributed by atoms with Crippen molar-refractivity contribution in [3.63, 3.8) is 0 Å². The lowest BCUT2D eigenvalue weighted by molar-refractivity contribution is 0.0674. The number of rotatable bonds is 1. The molecule has 1 aliphatic heterocycles. The van der Waals surface area contributed by atoms with Crippen LogP contribution in [0, 0.1) is 6.92 Å². The first-order valence-corrected chi connectivity index (χ1v) is 8.34. The maximum atomic E-state index is 12.8. The van der Waals surface area contributed by atoms with E-state index in [0.717, 1.165) is 24.2 Å². The van der Waals surface area contributed by atoms with Gasteiger partial charge < -0.3 is 9.30 Å². The molecule has 4 rings (SSSR count). The van der Waals surface area contributed by atoms with Gasteiger partial charge >= 0.3 is 0 Å². The fourth-order valence-corrected chi connectivity index (χ4v) is 4.08.